The molecule has 0 bridgehead atoms. The Hall–Kier alpha value is -0.653. The first kappa shape index (κ1) is 16.3. The number of carbonyl (C=O) groups excluding carboxylic acids is 1. The van der Waals surface area contributed by atoms with Gasteiger partial charge in [-0.05, 0) is 27.2 Å². The summed E-state index contributed by atoms with van der Waals surface area (Å²) in [5, 5.41) is 0. The summed E-state index contributed by atoms with van der Waals surface area (Å²) in [6, 6.07) is 1.05. The van der Waals surface area contributed by atoms with E-state index in [0.29, 0.717) is 25.0 Å². The van der Waals surface area contributed by atoms with E-state index >= 15 is 0 Å². The Morgan fingerprint density at radius 2 is 1.88 bits per heavy atom. The number of esters is 1. The lowest BCUT2D eigenvalue weighted by molar-refractivity contribution is -0.137. The third-order valence-electron chi connectivity index (χ3n) is 2.12. The van der Waals surface area contributed by atoms with Crippen LogP contribution in [-0.2, 0) is 19.0 Å². The van der Waals surface area contributed by atoms with Gasteiger partial charge in [0.05, 0.1) is 15.7 Å². The smallest absolute Gasteiger partial charge is 0.332 e. The Labute approximate surface area is 106 Å². The van der Waals surface area contributed by atoms with E-state index in [4.69, 9.17) is 14.2 Å². The Morgan fingerprint density at radius 1 is 1.29 bits per heavy atom. The fourth-order valence-electron chi connectivity index (χ4n) is 1.29. The van der Waals surface area contributed by atoms with Crippen LogP contribution in [0.1, 0.15) is 27.2 Å². The minimum absolute atomic E-state index is 0.102. The molecular weight excluding hydrogens is 236 g/mol. The molecular formula is C12H24O4Si. The average molecular weight is 260 g/mol. The van der Waals surface area contributed by atoms with Crippen molar-refractivity contribution >= 4 is 15.5 Å². The highest BCUT2D eigenvalue weighted by Gasteiger charge is 2.08. The molecule has 17 heavy (non-hydrogen) atoms. The molecule has 100 valence electrons. The fraction of sp³-hybridized carbons (Fsp3) is 0.750. The Bertz CT molecular complexity index is 225. The van der Waals surface area contributed by atoms with Crippen LogP contribution in [0.25, 0.3) is 0 Å². The van der Waals surface area contributed by atoms with E-state index in [1.165, 1.54) is 0 Å². The van der Waals surface area contributed by atoms with Crippen LogP contribution in [0.5, 0.6) is 0 Å². The van der Waals surface area contributed by atoms with Crippen LogP contribution < -0.4 is 0 Å². The molecule has 0 aromatic heterocycles. The van der Waals surface area contributed by atoms with Gasteiger partial charge in [0.25, 0.3) is 0 Å². The molecule has 0 amide bonds. The molecule has 0 aliphatic heterocycles. The van der Waals surface area contributed by atoms with Gasteiger partial charge in [0.2, 0.25) is 0 Å². The molecule has 0 aliphatic rings. The van der Waals surface area contributed by atoms with Gasteiger partial charge in [-0.3, -0.25) is 0 Å². The fourth-order valence-corrected chi connectivity index (χ4v) is 2.44. The molecule has 0 N–H and O–H groups in total. The Morgan fingerprint density at radius 3 is 2.35 bits per heavy atom. The lowest BCUT2D eigenvalue weighted by Crippen LogP contribution is -2.19. The molecule has 0 spiro atoms. The molecule has 0 heterocycles. The average Bonchev–Trinajstić information content (AvgIpc) is 2.28. The molecule has 0 saturated heterocycles. The number of carbonyl (C=O) groups is 1. The van der Waals surface area contributed by atoms with Crippen molar-refractivity contribution < 1.29 is 19.0 Å². The predicted molar refractivity (Wildman–Crippen MR) is 70.8 cm³/mol. The maximum Gasteiger partial charge on any atom is 0.332 e. The van der Waals surface area contributed by atoms with Crippen LogP contribution >= 0.6 is 0 Å². The predicted octanol–water partition coefficient (Wildman–Crippen LogP) is 1.44. The van der Waals surface area contributed by atoms with E-state index in [-0.39, 0.29) is 21.8 Å². The van der Waals surface area contributed by atoms with Crippen LogP contribution in [0.3, 0.4) is 0 Å². The standard InChI is InChI=1S/C12H24O4Si/c1-5-14-11(15-6-2)7-8-17-9-16-12(13)10(3)4/h11H,3,5-9,17H2,1-2,4H3. The summed E-state index contributed by atoms with van der Waals surface area (Å²) in [4.78, 5) is 11.1. The molecule has 0 saturated carbocycles. The normalized spacial score (nSPS) is 11.3. The van der Waals surface area contributed by atoms with Crippen molar-refractivity contribution in [3.8, 4) is 0 Å². The third-order valence-corrected chi connectivity index (χ3v) is 3.52. The van der Waals surface area contributed by atoms with Crippen molar-refractivity contribution in [3.05, 3.63) is 12.2 Å². The zero-order chi connectivity index (χ0) is 13.1. The van der Waals surface area contributed by atoms with Crippen molar-refractivity contribution in [2.45, 2.75) is 39.5 Å². The van der Waals surface area contributed by atoms with Crippen molar-refractivity contribution in [2.24, 2.45) is 0 Å². The summed E-state index contributed by atoms with van der Waals surface area (Å²) in [6.45, 7) is 10.4. The maximum absolute atomic E-state index is 11.1. The molecule has 0 unspecified atom stereocenters. The van der Waals surface area contributed by atoms with Gasteiger partial charge in [-0.25, -0.2) is 4.79 Å². The number of hydrogen-bond acceptors (Lipinski definition) is 4. The summed E-state index contributed by atoms with van der Waals surface area (Å²) in [7, 11) is -0.384. The first-order valence-corrected chi connectivity index (χ1v) is 8.17. The number of rotatable bonds is 10. The lowest BCUT2D eigenvalue weighted by atomic mass is 10.4. The molecule has 0 rings (SSSR count). The molecule has 0 aromatic carbocycles. The molecule has 0 radical (unpaired) electrons. The highest BCUT2D eigenvalue weighted by molar-refractivity contribution is 6.35. The largest absolute Gasteiger partial charge is 0.467 e. The van der Waals surface area contributed by atoms with E-state index in [2.05, 4.69) is 6.58 Å². The second-order valence-corrected chi connectivity index (χ2v) is 5.57. The van der Waals surface area contributed by atoms with Crippen LogP contribution in [0, 0.1) is 0 Å². The van der Waals surface area contributed by atoms with E-state index in [1.807, 2.05) is 13.8 Å². The lowest BCUT2D eigenvalue weighted by Gasteiger charge is -2.16. The first-order chi connectivity index (χ1) is 8.11. The van der Waals surface area contributed by atoms with Gasteiger partial charge in [-0.2, -0.15) is 0 Å². The van der Waals surface area contributed by atoms with Gasteiger partial charge in [0.15, 0.2) is 6.29 Å². The van der Waals surface area contributed by atoms with Crippen LogP contribution in [0.15, 0.2) is 12.2 Å². The van der Waals surface area contributed by atoms with E-state index in [0.717, 1.165) is 12.5 Å². The SMILES string of the molecule is C=C(C)C(=O)OC[SiH2]CCC(OCC)OCC. The third kappa shape index (κ3) is 9.09. The molecule has 0 fully saturated rings. The first-order valence-electron chi connectivity index (χ1n) is 6.17. The maximum atomic E-state index is 11.1. The summed E-state index contributed by atoms with van der Waals surface area (Å²) in [6.07, 6.45) is 1.35. The van der Waals surface area contributed by atoms with Crippen LogP contribution in [-0.4, -0.2) is 41.2 Å². The summed E-state index contributed by atoms with van der Waals surface area (Å²) in [5.41, 5.74) is 0.459. The zero-order valence-corrected chi connectivity index (χ0v) is 12.6. The van der Waals surface area contributed by atoms with E-state index in [9.17, 15) is 4.79 Å². The number of ether oxygens (including phenoxy) is 3. The number of hydrogen-bond donors (Lipinski definition) is 0. The minimum Gasteiger partial charge on any atom is -0.467 e. The van der Waals surface area contributed by atoms with Crippen LogP contribution in [0.2, 0.25) is 6.04 Å². The highest BCUT2D eigenvalue weighted by atomic mass is 28.2. The van der Waals surface area contributed by atoms with Crippen molar-refractivity contribution in [1.82, 2.24) is 0 Å². The second-order valence-electron chi connectivity index (χ2n) is 3.75. The van der Waals surface area contributed by atoms with Gasteiger partial charge in [0, 0.05) is 18.8 Å². The van der Waals surface area contributed by atoms with Crippen molar-refractivity contribution in [1.29, 1.82) is 0 Å². The summed E-state index contributed by atoms with van der Waals surface area (Å²) >= 11 is 0. The van der Waals surface area contributed by atoms with Crippen molar-refractivity contribution in [3.63, 3.8) is 0 Å². The quantitative estimate of drug-likeness (QED) is 0.196. The van der Waals surface area contributed by atoms with Gasteiger partial charge >= 0.3 is 5.97 Å². The van der Waals surface area contributed by atoms with Gasteiger partial charge in [0.1, 0.15) is 0 Å². The minimum atomic E-state index is -0.384. The zero-order valence-electron chi connectivity index (χ0n) is 11.2. The molecule has 0 aliphatic carbocycles. The van der Waals surface area contributed by atoms with Gasteiger partial charge in [-0.1, -0.05) is 12.6 Å². The van der Waals surface area contributed by atoms with E-state index < -0.39 is 0 Å². The van der Waals surface area contributed by atoms with Crippen molar-refractivity contribution in [2.75, 3.05) is 19.4 Å². The molecule has 5 heteroatoms. The summed E-state index contributed by atoms with van der Waals surface area (Å²) < 4.78 is 15.9. The van der Waals surface area contributed by atoms with E-state index in [1.54, 1.807) is 6.92 Å². The van der Waals surface area contributed by atoms with Crippen LogP contribution in [0.4, 0.5) is 0 Å². The van der Waals surface area contributed by atoms with Gasteiger partial charge < -0.3 is 14.2 Å². The second kappa shape index (κ2) is 10.5. The molecule has 0 atom stereocenters. The highest BCUT2D eigenvalue weighted by Crippen LogP contribution is 2.04. The van der Waals surface area contributed by atoms with Gasteiger partial charge in [-0.15, -0.1) is 0 Å². The summed E-state index contributed by atoms with van der Waals surface area (Å²) in [5.74, 6) is -0.288. The monoisotopic (exact) mass is 260 g/mol. The Balaban J connectivity index is 3.54. The molecule has 0 aromatic rings. The molecule has 4 nitrogen and oxygen atoms in total. The Kier molecular flexibility index (Phi) is 10.1. The topological polar surface area (TPSA) is 44.8 Å².